The molecular formula is C27H24BrIN2O3. The Morgan fingerprint density at radius 1 is 1.15 bits per heavy atom. The van der Waals surface area contributed by atoms with Crippen LogP contribution in [0, 0.1) is 28.7 Å². The van der Waals surface area contributed by atoms with Gasteiger partial charge < -0.3 is 14.8 Å². The van der Waals surface area contributed by atoms with Crippen molar-refractivity contribution >= 4 is 56.2 Å². The number of hydrogen-bond acceptors (Lipinski definition) is 4. The fraction of sp³-hybridized carbons (Fsp3) is 0.185. The first-order valence-electron chi connectivity index (χ1n) is 10.6. The SMILES string of the molecule is CCOc1cc(/C=C(/C#N)C(=O)Nc2cccc(C)c2C)cc(I)c1OCc1ccc(Br)cc1. The maximum atomic E-state index is 12.8. The molecule has 3 rings (SSSR count). The molecule has 0 atom stereocenters. The van der Waals surface area contributed by atoms with Crippen molar-refractivity contribution < 1.29 is 14.3 Å². The lowest BCUT2D eigenvalue weighted by Crippen LogP contribution is -2.14. The summed E-state index contributed by atoms with van der Waals surface area (Å²) in [5.74, 6) is 0.727. The largest absolute Gasteiger partial charge is 0.490 e. The normalized spacial score (nSPS) is 11.0. The zero-order valence-electron chi connectivity index (χ0n) is 19.1. The van der Waals surface area contributed by atoms with Gasteiger partial charge in [-0.15, -0.1) is 0 Å². The maximum Gasteiger partial charge on any atom is 0.266 e. The number of nitriles is 1. The Balaban J connectivity index is 1.86. The molecule has 0 aliphatic carbocycles. The zero-order chi connectivity index (χ0) is 24.7. The van der Waals surface area contributed by atoms with E-state index in [0.717, 1.165) is 24.7 Å². The Hall–Kier alpha value is -2.83. The molecule has 0 radical (unpaired) electrons. The van der Waals surface area contributed by atoms with E-state index in [-0.39, 0.29) is 5.57 Å². The van der Waals surface area contributed by atoms with Crippen molar-refractivity contribution in [3.63, 3.8) is 0 Å². The third-order valence-corrected chi connectivity index (χ3v) is 6.49. The van der Waals surface area contributed by atoms with Crippen molar-refractivity contribution in [3.05, 3.63) is 90.5 Å². The number of rotatable bonds is 8. The minimum absolute atomic E-state index is 0.00249. The maximum absolute atomic E-state index is 12.8. The first kappa shape index (κ1) is 25.8. The molecule has 0 spiro atoms. The molecule has 7 heteroatoms. The minimum Gasteiger partial charge on any atom is -0.490 e. The van der Waals surface area contributed by atoms with Crippen LogP contribution in [-0.2, 0) is 11.4 Å². The third-order valence-electron chi connectivity index (χ3n) is 5.16. The average molecular weight is 631 g/mol. The molecule has 0 unspecified atom stereocenters. The smallest absolute Gasteiger partial charge is 0.266 e. The molecule has 1 N–H and O–H groups in total. The van der Waals surface area contributed by atoms with Crippen molar-refractivity contribution in [2.45, 2.75) is 27.4 Å². The Morgan fingerprint density at radius 2 is 1.88 bits per heavy atom. The number of nitrogens with one attached hydrogen (secondary N) is 1. The lowest BCUT2D eigenvalue weighted by Gasteiger charge is -2.15. The van der Waals surface area contributed by atoms with Crippen molar-refractivity contribution in [3.8, 4) is 17.6 Å². The molecular weight excluding hydrogens is 607 g/mol. The molecule has 0 bridgehead atoms. The van der Waals surface area contributed by atoms with Gasteiger partial charge in [-0.1, -0.05) is 40.2 Å². The molecule has 1 amide bonds. The molecule has 0 aliphatic heterocycles. The van der Waals surface area contributed by atoms with Gasteiger partial charge in [0.1, 0.15) is 18.2 Å². The Bertz CT molecular complexity index is 1260. The molecule has 34 heavy (non-hydrogen) atoms. The van der Waals surface area contributed by atoms with Crippen LogP contribution in [0.5, 0.6) is 11.5 Å². The van der Waals surface area contributed by atoms with Crippen molar-refractivity contribution in [2.24, 2.45) is 0 Å². The van der Waals surface area contributed by atoms with Gasteiger partial charge >= 0.3 is 0 Å². The zero-order valence-corrected chi connectivity index (χ0v) is 22.9. The van der Waals surface area contributed by atoms with E-state index in [1.807, 2.05) is 75.4 Å². The van der Waals surface area contributed by atoms with Gasteiger partial charge in [0.15, 0.2) is 11.5 Å². The highest BCUT2D eigenvalue weighted by molar-refractivity contribution is 14.1. The number of carbonyl (C=O) groups is 1. The Labute approximate surface area is 222 Å². The highest BCUT2D eigenvalue weighted by atomic mass is 127. The lowest BCUT2D eigenvalue weighted by atomic mass is 10.1. The number of aryl methyl sites for hydroxylation is 1. The molecule has 0 saturated heterocycles. The van der Waals surface area contributed by atoms with E-state index < -0.39 is 5.91 Å². The summed E-state index contributed by atoms with van der Waals surface area (Å²) in [7, 11) is 0. The fourth-order valence-electron chi connectivity index (χ4n) is 3.20. The molecule has 0 saturated carbocycles. The van der Waals surface area contributed by atoms with Gasteiger partial charge in [0, 0.05) is 10.2 Å². The van der Waals surface area contributed by atoms with Gasteiger partial charge in [-0.05, 0) is 102 Å². The van der Waals surface area contributed by atoms with Crippen molar-refractivity contribution in [2.75, 3.05) is 11.9 Å². The number of nitrogens with zero attached hydrogens (tertiary/aromatic N) is 1. The summed E-state index contributed by atoms with van der Waals surface area (Å²) >= 11 is 5.61. The second-order valence-electron chi connectivity index (χ2n) is 7.55. The van der Waals surface area contributed by atoms with E-state index in [4.69, 9.17) is 9.47 Å². The average Bonchev–Trinajstić information content (AvgIpc) is 2.81. The van der Waals surface area contributed by atoms with Gasteiger partial charge in [0.2, 0.25) is 0 Å². The molecule has 0 aliphatic rings. The van der Waals surface area contributed by atoms with Crippen LogP contribution < -0.4 is 14.8 Å². The van der Waals surface area contributed by atoms with Gasteiger partial charge in [0.25, 0.3) is 5.91 Å². The quantitative estimate of drug-likeness (QED) is 0.162. The first-order valence-corrected chi connectivity index (χ1v) is 12.5. The summed E-state index contributed by atoms with van der Waals surface area (Å²) in [5.41, 5.74) is 4.43. The predicted octanol–water partition coefficient (Wildman–Crippen LogP) is 7.19. The highest BCUT2D eigenvalue weighted by Gasteiger charge is 2.15. The molecule has 0 heterocycles. The summed E-state index contributed by atoms with van der Waals surface area (Å²) in [6.45, 7) is 6.65. The Kier molecular flexibility index (Phi) is 9.13. The van der Waals surface area contributed by atoms with E-state index in [1.54, 1.807) is 12.1 Å². The summed E-state index contributed by atoms with van der Waals surface area (Å²) in [5, 5.41) is 12.5. The molecule has 3 aromatic carbocycles. The van der Waals surface area contributed by atoms with Gasteiger partial charge in [0.05, 0.1) is 10.2 Å². The second-order valence-corrected chi connectivity index (χ2v) is 9.63. The number of benzene rings is 3. The van der Waals surface area contributed by atoms with Crippen molar-refractivity contribution in [1.82, 2.24) is 0 Å². The second kappa shape index (κ2) is 12.0. The Morgan fingerprint density at radius 3 is 2.56 bits per heavy atom. The third kappa shape index (κ3) is 6.61. The van der Waals surface area contributed by atoms with Crippen LogP contribution in [-0.4, -0.2) is 12.5 Å². The van der Waals surface area contributed by atoms with Gasteiger partial charge in [-0.25, -0.2) is 0 Å². The summed E-state index contributed by atoms with van der Waals surface area (Å²) in [6, 6.07) is 19.2. The molecule has 174 valence electrons. The number of ether oxygens (including phenoxy) is 2. The van der Waals surface area contributed by atoms with Gasteiger partial charge in [-0.3, -0.25) is 4.79 Å². The van der Waals surface area contributed by atoms with E-state index >= 15 is 0 Å². The number of amides is 1. The molecule has 3 aromatic rings. The summed E-state index contributed by atoms with van der Waals surface area (Å²) in [6.07, 6.45) is 1.56. The van der Waals surface area contributed by atoms with Crippen LogP contribution in [0.1, 0.15) is 29.2 Å². The predicted molar refractivity (Wildman–Crippen MR) is 147 cm³/mol. The van der Waals surface area contributed by atoms with Crippen LogP contribution >= 0.6 is 38.5 Å². The molecule has 0 fully saturated rings. The molecule has 5 nitrogen and oxygen atoms in total. The molecule has 0 aromatic heterocycles. The standard InChI is InChI=1S/C27H24BrIN2O3/c1-4-33-25-14-20(13-23(29)26(25)34-16-19-8-10-22(28)11-9-19)12-21(15-30)27(32)31-24-7-5-6-17(2)18(24)3/h5-14H,4,16H2,1-3H3,(H,31,32)/b21-12-. The minimum atomic E-state index is -0.459. The van der Waals surface area contributed by atoms with Crippen LogP contribution in [0.2, 0.25) is 0 Å². The van der Waals surface area contributed by atoms with E-state index in [2.05, 4.69) is 43.8 Å². The lowest BCUT2D eigenvalue weighted by molar-refractivity contribution is -0.112. The fourth-order valence-corrected chi connectivity index (χ4v) is 4.25. The number of anilines is 1. The van der Waals surface area contributed by atoms with E-state index in [1.165, 1.54) is 0 Å². The summed E-state index contributed by atoms with van der Waals surface area (Å²) in [4.78, 5) is 12.8. The van der Waals surface area contributed by atoms with E-state index in [0.29, 0.717) is 36.0 Å². The number of hydrogen-bond donors (Lipinski definition) is 1. The summed E-state index contributed by atoms with van der Waals surface area (Å²) < 4.78 is 13.7. The monoisotopic (exact) mass is 630 g/mol. The van der Waals surface area contributed by atoms with Crippen LogP contribution in [0.25, 0.3) is 6.08 Å². The highest BCUT2D eigenvalue weighted by Crippen LogP contribution is 2.35. The van der Waals surface area contributed by atoms with E-state index in [9.17, 15) is 10.1 Å². The number of halogens is 2. The van der Waals surface area contributed by atoms with Crippen LogP contribution in [0.3, 0.4) is 0 Å². The van der Waals surface area contributed by atoms with Crippen molar-refractivity contribution in [1.29, 1.82) is 5.26 Å². The van der Waals surface area contributed by atoms with Crippen LogP contribution in [0.4, 0.5) is 5.69 Å². The van der Waals surface area contributed by atoms with Gasteiger partial charge in [-0.2, -0.15) is 5.26 Å². The first-order chi connectivity index (χ1) is 16.3. The number of carbonyl (C=O) groups excluding carboxylic acids is 1. The van der Waals surface area contributed by atoms with Crippen LogP contribution in [0.15, 0.2) is 64.6 Å². The topological polar surface area (TPSA) is 71.3 Å².